The number of likely N-dealkylation sites (tertiary alicyclic amines) is 1. The van der Waals surface area contributed by atoms with Crippen LogP contribution in [-0.2, 0) is 0 Å². The number of aromatic amines is 1. The number of carbonyl (C=O) groups excluding carboxylic acids is 1. The maximum Gasteiger partial charge on any atom is 0.256 e. The second-order valence-corrected chi connectivity index (χ2v) is 6.17. The van der Waals surface area contributed by atoms with Crippen molar-refractivity contribution in [1.82, 2.24) is 15.1 Å². The third-order valence-electron chi connectivity index (χ3n) is 4.33. The molecule has 4 N–H and O–H groups in total. The summed E-state index contributed by atoms with van der Waals surface area (Å²) in [5.41, 5.74) is 1.66. The molecular weight excluding hydrogens is 304 g/mol. The number of piperidine rings is 1. The first-order valence-corrected chi connectivity index (χ1v) is 8.23. The molecule has 7 nitrogen and oxygen atoms in total. The van der Waals surface area contributed by atoms with Gasteiger partial charge in [-0.25, -0.2) is 0 Å². The van der Waals surface area contributed by atoms with Crippen molar-refractivity contribution >= 4 is 23.2 Å². The maximum absolute atomic E-state index is 12.2. The molecule has 0 saturated carbocycles. The van der Waals surface area contributed by atoms with Gasteiger partial charge in [0.1, 0.15) is 5.82 Å². The second kappa shape index (κ2) is 7.35. The number of nitrogens with zero attached hydrogens (tertiary/aromatic N) is 2. The number of H-pyrrole nitrogens is 1. The first-order valence-electron chi connectivity index (χ1n) is 8.23. The van der Waals surface area contributed by atoms with Crippen LogP contribution < -0.4 is 16.0 Å². The molecule has 0 unspecified atom stereocenters. The highest BCUT2D eigenvalue weighted by atomic mass is 16.1. The number of amides is 1. The molecule has 0 aliphatic carbocycles. The Balaban J connectivity index is 1.56. The summed E-state index contributed by atoms with van der Waals surface area (Å²) in [6.45, 7) is 2.24. The first kappa shape index (κ1) is 16.3. The van der Waals surface area contributed by atoms with Gasteiger partial charge in [0.25, 0.3) is 5.91 Å². The Bertz CT molecular complexity index is 673. The quantitative estimate of drug-likeness (QED) is 0.676. The average molecular weight is 328 g/mol. The van der Waals surface area contributed by atoms with Crippen LogP contribution >= 0.6 is 0 Å². The number of aromatic nitrogens is 2. The molecule has 1 aromatic carbocycles. The number of benzene rings is 1. The van der Waals surface area contributed by atoms with Gasteiger partial charge in [-0.2, -0.15) is 5.10 Å². The van der Waals surface area contributed by atoms with Crippen molar-refractivity contribution in [3.8, 4) is 0 Å². The molecule has 24 heavy (non-hydrogen) atoms. The van der Waals surface area contributed by atoms with Crippen molar-refractivity contribution in [1.29, 1.82) is 0 Å². The predicted octanol–water partition coefficient (Wildman–Crippen LogP) is 2.21. The monoisotopic (exact) mass is 328 g/mol. The van der Waals surface area contributed by atoms with Crippen molar-refractivity contribution in [3.05, 3.63) is 35.9 Å². The van der Waals surface area contributed by atoms with E-state index in [0.717, 1.165) is 37.4 Å². The molecule has 1 aliphatic rings. The fraction of sp³-hybridized carbons (Fsp3) is 0.412. The van der Waals surface area contributed by atoms with E-state index in [1.165, 1.54) is 0 Å². The standard InChI is InChI=1S/C17H24N6O/c1-18-15-11-16(22-21-15)20-17(24)12-3-5-13(6-4-12)19-14-7-9-23(2)10-8-14/h3-6,11,14,19H,7-10H2,1-2H3,(H3,18,20,21,22,24). The molecule has 1 aliphatic heterocycles. The van der Waals surface area contributed by atoms with E-state index >= 15 is 0 Å². The van der Waals surface area contributed by atoms with Crippen LogP contribution in [0.25, 0.3) is 0 Å². The zero-order valence-corrected chi connectivity index (χ0v) is 14.1. The average Bonchev–Trinajstić information content (AvgIpc) is 3.05. The molecule has 3 rings (SSSR count). The van der Waals surface area contributed by atoms with Crippen LogP contribution in [0.4, 0.5) is 17.3 Å². The van der Waals surface area contributed by atoms with Crippen LogP contribution in [0.15, 0.2) is 30.3 Å². The summed E-state index contributed by atoms with van der Waals surface area (Å²) in [4.78, 5) is 14.6. The van der Waals surface area contributed by atoms with Crippen molar-refractivity contribution in [2.75, 3.05) is 43.1 Å². The largest absolute Gasteiger partial charge is 0.382 e. The highest BCUT2D eigenvalue weighted by Gasteiger charge is 2.16. The maximum atomic E-state index is 12.2. The van der Waals surface area contributed by atoms with Crippen LogP contribution in [0.1, 0.15) is 23.2 Å². The van der Waals surface area contributed by atoms with Crippen molar-refractivity contribution < 1.29 is 4.79 Å². The molecule has 1 amide bonds. The van der Waals surface area contributed by atoms with E-state index in [9.17, 15) is 4.79 Å². The van der Waals surface area contributed by atoms with E-state index in [1.54, 1.807) is 13.1 Å². The molecule has 2 heterocycles. The summed E-state index contributed by atoms with van der Waals surface area (Å²) >= 11 is 0. The van der Waals surface area contributed by atoms with E-state index in [-0.39, 0.29) is 5.91 Å². The normalized spacial score (nSPS) is 15.9. The lowest BCUT2D eigenvalue weighted by Crippen LogP contribution is -2.36. The van der Waals surface area contributed by atoms with Gasteiger partial charge in [0.2, 0.25) is 0 Å². The van der Waals surface area contributed by atoms with Gasteiger partial charge < -0.3 is 20.9 Å². The minimum atomic E-state index is -0.171. The van der Waals surface area contributed by atoms with E-state index in [4.69, 9.17) is 0 Å². The van der Waals surface area contributed by atoms with E-state index in [0.29, 0.717) is 17.4 Å². The van der Waals surface area contributed by atoms with Gasteiger partial charge in [-0.15, -0.1) is 0 Å². The Morgan fingerprint density at radius 1 is 1.25 bits per heavy atom. The van der Waals surface area contributed by atoms with E-state index in [1.807, 2.05) is 24.3 Å². The summed E-state index contributed by atoms with van der Waals surface area (Å²) in [5.74, 6) is 1.08. The highest BCUT2D eigenvalue weighted by Crippen LogP contribution is 2.17. The first-order chi connectivity index (χ1) is 11.6. The third kappa shape index (κ3) is 4.05. The Hall–Kier alpha value is -2.54. The third-order valence-corrected chi connectivity index (χ3v) is 4.33. The van der Waals surface area contributed by atoms with Gasteiger partial charge in [-0.05, 0) is 57.2 Å². The molecule has 0 radical (unpaired) electrons. The van der Waals surface area contributed by atoms with Crippen molar-refractivity contribution in [2.24, 2.45) is 0 Å². The Labute approximate surface area is 141 Å². The summed E-state index contributed by atoms with van der Waals surface area (Å²) in [5, 5.41) is 16.0. The van der Waals surface area contributed by atoms with Gasteiger partial charge in [-0.1, -0.05) is 0 Å². The topological polar surface area (TPSA) is 85.1 Å². The van der Waals surface area contributed by atoms with Gasteiger partial charge in [0.15, 0.2) is 5.82 Å². The molecule has 2 aromatic rings. The summed E-state index contributed by atoms with van der Waals surface area (Å²) < 4.78 is 0. The molecule has 128 valence electrons. The Morgan fingerprint density at radius 3 is 2.58 bits per heavy atom. The van der Waals surface area contributed by atoms with Crippen LogP contribution in [-0.4, -0.2) is 54.2 Å². The smallest absolute Gasteiger partial charge is 0.256 e. The summed E-state index contributed by atoms with van der Waals surface area (Å²) in [6, 6.07) is 9.82. The molecule has 1 saturated heterocycles. The zero-order chi connectivity index (χ0) is 16.9. The number of rotatable bonds is 5. The molecule has 0 atom stereocenters. The van der Waals surface area contributed by atoms with Crippen molar-refractivity contribution in [3.63, 3.8) is 0 Å². The Morgan fingerprint density at radius 2 is 1.96 bits per heavy atom. The fourth-order valence-corrected chi connectivity index (χ4v) is 2.81. The Kier molecular flexibility index (Phi) is 5.00. The molecule has 1 fully saturated rings. The number of carbonyl (C=O) groups is 1. The minimum absolute atomic E-state index is 0.171. The van der Waals surface area contributed by atoms with Crippen molar-refractivity contribution in [2.45, 2.75) is 18.9 Å². The zero-order valence-electron chi connectivity index (χ0n) is 14.1. The summed E-state index contributed by atoms with van der Waals surface area (Å²) in [6.07, 6.45) is 2.29. The fourth-order valence-electron chi connectivity index (χ4n) is 2.81. The van der Waals surface area contributed by atoms with Gasteiger partial charge in [0, 0.05) is 30.4 Å². The lowest BCUT2D eigenvalue weighted by molar-refractivity contribution is 0.102. The molecule has 1 aromatic heterocycles. The van der Waals surface area contributed by atoms with Crippen LogP contribution in [0, 0.1) is 0 Å². The van der Waals surface area contributed by atoms with Gasteiger partial charge in [-0.3, -0.25) is 9.89 Å². The van der Waals surface area contributed by atoms with Crippen LogP contribution in [0.3, 0.4) is 0 Å². The number of nitrogens with one attached hydrogen (secondary N) is 4. The molecule has 7 heteroatoms. The van der Waals surface area contributed by atoms with E-state index in [2.05, 4.69) is 38.1 Å². The van der Waals surface area contributed by atoms with Gasteiger partial charge >= 0.3 is 0 Å². The second-order valence-electron chi connectivity index (χ2n) is 6.17. The van der Waals surface area contributed by atoms with Crippen LogP contribution in [0.5, 0.6) is 0 Å². The molecule has 0 spiro atoms. The SMILES string of the molecule is CNc1cc(NC(=O)c2ccc(NC3CCN(C)CC3)cc2)n[nH]1. The van der Waals surface area contributed by atoms with E-state index < -0.39 is 0 Å². The molecule has 0 bridgehead atoms. The minimum Gasteiger partial charge on any atom is -0.382 e. The van der Waals surface area contributed by atoms with Crippen LogP contribution in [0.2, 0.25) is 0 Å². The summed E-state index contributed by atoms with van der Waals surface area (Å²) in [7, 11) is 3.94. The predicted molar refractivity (Wildman–Crippen MR) is 96.7 cm³/mol. The molecular formula is C17H24N6O. The lowest BCUT2D eigenvalue weighted by Gasteiger charge is -2.30. The number of anilines is 3. The number of hydrogen-bond donors (Lipinski definition) is 4. The highest BCUT2D eigenvalue weighted by molar-refractivity contribution is 6.04. The van der Waals surface area contributed by atoms with Gasteiger partial charge in [0.05, 0.1) is 0 Å². The number of hydrogen-bond acceptors (Lipinski definition) is 5. The lowest BCUT2D eigenvalue weighted by atomic mass is 10.0.